The average Bonchev–Trinajstić information content (AvgIpc) is 3.60. The molecule has 0 radical (unpaired) electrons. The highest BCUT2D eigenvalue weighted by Crippen LogP contribution is 2.28. The number of nitrogens with zero attached hydrogens (tertiary/aromatic N) is 5. The molecule has 8 nitrogen and oxygen atoms in total. The van der Waals surface area contributed by atoms with E-state index in [1.54, 1.807) is 11.3 Å². The zero-order valence-corrected chi connectivity index (χ0v) is 20.4. The third kappa shape index (κ3) is 4.82. The van der Waals surface area contributed by atoms with E-state index in [-0.39, 0.29) is 17.7 Å². The summed E-state index contributed by atoms with van der Waals surface area (Å²) in [5, 5.41) is 15.8. The normalized spacial score (nSPS) is 17.1. The van der Waals surface area contributed by atoms with Gasteiger partial charge in [-0.15, -0.1) is 16.4 Å². The van der Waals surface area contributed by atoms with Crippen molar-refractivity contribution in [2.45, 2.75) is 64.9 Å². The Hall–Kier alpha value is -2.88. The largest absolute Gasteiger partial charge is 0.376 e. The number of fused-ring (bicyclic) bond motifs is 1. The number of tetrazole rings is 1. The van der Waals surface area contributed by atoms with Crippen LogP contribution in [0.1, 0.15) is 54.1 Å². The van der Waals surface area contributed by atoms with Gasteiger partial charge in [0, 0.05) is 30.1 Å². The van der Waals surface area contributed by atoms with E-state index < -0.39 is 0 Å². The molecule has 1 aromatic carbocycles. The van der Waals surface area contributed by atoms with E-state index in [0.29, 0.717) is 19.6 Å². The maximum absolute atomic E-state index is 13.1. The van der Waals surface area contributed by atoms with Crippen molar-refractivity contribution in [1.82, 2.24) is 30.1 Å². The molecule has 1 aliphatic rings. The number of aromatic amines is 1. The van der Waals surface area contributed by atoms with Crippen molar-refractivity contribution < 1.29 is 4.74 Å². The lowest BCUT2D eigenvalue weighted by molar-refractivity contribution is 0.0889. The summed E-state index contributed by atoms with van der Waals surface area (Å²) in [7, 11) is 0. The highest BCUT2D eigenvalue weighted by atomic mass is 32.1. The summed E-state index contributed by atoms with van der Waals surface area (Å²) < 4.78 is 7.72. The Kier molecular flexibility index (Phi) is 6.85. The predicted molar refractivity (Wildman–Crippen MR) is 133 cm³/mol. The zero-order chi connectivity index (χ0) is 23.5. The summed E-state index contributed by atoms with van der Waals surface area (Å²) in [4.78, 5) is 19.7. The first-order valence-electron chi connectivity index (χ1n) is 11.9. The number of rotatable bonds is 9. The molecule has 178 valence electrons. The maximum Gasteiger partial charge on any atom is 0.252 e. The number of hydrogen-bond acceptors (Lipinski definition) is 7. The van der Waals surface area contributed by atoms with Crippen LogP contribution in [-0.2, 0) is 24.4 Å². The van der Waals surface area contributed by atoms with Crippen LogP contribution in [0.4, 0.5) is 0 Å². The number of benzene rings is 1. The Morgan fingerprint density at radius 3 is 2.97 bits per heavy atom. The van der Waals surface area contributed by atoms with Gasteiger partial charge in [-0.05, 0) is 65.1 Å². The molecule has 3 aromatic heterocycles. The molecule has 9 heteroatoms. The fourth-order valence-corrected chi connectivity index (χ4v) is 5.54. The molecule has 2 unspecified atom stereocenters. The monoisotopic (exact) mass is 478 g/mol. The van der Waals surface area contributed by atoms with Gasteiger partial charge >= 0.3 is 0 Å². The third-order valence-corrected chi connectivity index (χ3v) is 7.42. The van der Waals surface area contributed by atoms with Crippen LogP contribution in [0.2, 0.25) is 0 Å². The highest BCUT2D eigenvalue weighted by molar-refractivity contribution is 7.09. The second-order valence-corrected chi connectivity index (χ2v) is 9.96. The quantitative estimate of drug-likeness (QED) is 0.388. The van der Waals surface area contributed by atoms with E-state index in [9.17, 15) is 4.79 Å². The van der Waals surface area contributed by atoms with E-state index in [0.717, 1.165) is 53.7 Å². The molecule has 0 amide bonds. The number of para-hydroxylation sites is 1. The van der Waals surface area contributed by atoms with Gasteiger partial charge in [0.25, 0.3) is 5.56 Å². The van der Waals surface area contributed by atoms with Crippen LogP contribution in [0.3, 0.4) is 0 Å². The van der Waals surface area contributed by atoms with Crippen LogP contribution < -0.4 is 5.56 Å². The van der Waals surface area contributed by atoms with Crippen molar-refractivity contribution >= 4 is 22.2 Å². The van der Waals surface area contributed by atoms with Crippen molar-refractivity contribution in [1.29, 1.82) is 0 Å². The fourth-order valence-electron chi connectivity index (χ4n) is 4.81. The van der Waals surface area contributed by atoms with Crippen molar-refractivity contribution in [3.05, 3.63) is 74.0 Å². The molecule has 0 aliphatic carbocycles. The lowest BCUT2D eigenvalue weighted by Crippen LogP contribution is -2.33. The smallest absolute Gasteiger partial charge is 0.252 e. The molecule has 0 bridgehead atoms. The van der Waals surface area contributed by atoms with Gasteiger partial charge in [-0.1, -0.05) is 31.2 Å². The Labute approximate surface area is 202 Å². The van der Waals surface area contributed by atoms with E-state index in [1.807, 2.05) is 35.9 Å². The first-order chi connectivity index (χ1) is 16.6. The van der Waals surface area contributed by atoms with Crippen molar-refractivity contribution in [3.8, 4) is 0 Å². The van der Waals surface area contributed by atoms with Gasteiger partial charge in [-0.3, -0.25) is 9.69 Å². The molecule has 4 aromatic rings. The number of thiophene rings is 1. The van der Waals surface area contributed by atoms with Crippen LogP contribution in [0, 0.1) is 6.92 Å². The van der Waals surface area contributed by atoms with Gasteiger partial charge in [0.2, 0.25) is 0 Å². The Balaban J connectivity index is 1.49. The number of ether oxygens (including phenoxy) is 1. The van der Waals surface area contributed by atoms with Crippen molar-refractivity contribution in [3.63, 3.8) is 0 Å². The van der Waals surface area contributed by atoms with Crippen molar-refractivity contribution in [2.75, 3.05) is 6.61 Å². The number of H-pyrrole nitrogens is 1. The summed E-state index contributed by atoms with van der Waals surface area (Å²) in [6.45, 7) is 6.83. The topological polar surface area (TPSA) is 88.9 Å². The fraction of sp³-hybridized carbons (Fsp3) is 0.440. The van der Waals surface area contributed by atoms with Crippen LogP contribution in [0.15, 0.2) is 46.6 Å². The van der Waals surface area contributed by atoms with E-state index in [1.165, 1.54) is 4.88 Å². The number of pyridine rings is 1. The molecule has 1 saturated heterocycles. The SMILES string of the molecule is CCC(c1nnnn1CC1CCCO1)N(Cc1cccs1)Cc1cc2cccc(C)c2[nH]c1=O. The van der Waals surface area contributed by atoms with Gasteiger partial charge in [0.1, 0.15) is 0 Å². The van der Waals surface area contributed by atoms with E-state index in [4.69, 9.17) is 4.74 Å². The first-order valence-corrected chi connectivity index (χ1v) is 12.8. The Bertz CT molecular complexity index is 1290. The number of hydrogen-bond donors (Lipinski definition) is 1. The minimum absolute atomic E-state index is 0.0360. The van der Waals surface area contributed by atoms with E-state index in [2.05, 4.69) is 49.8 Å². The highest BCUT2D eigenvalue weighted by Gasteiger charge is 2.28. The number of aryl methyl sites for hydroxylation is 1. The molecule has 4 heterocycles. The Morgan fingerprint density at radius 1 is 1.29 bits per heavy atom. The van der Waals surface area contributed by atoms with E-state index >= 15 is 0 Å². The molecule has 5 rings (SSSR count). The van der Waals surface area contributed by atoms with Crippen LogP contribution in [0.25, 0.3) is 10.9 Å². The molecule has 0 spiro atoms. The zero-order valence-electron chi connectivity index (χ0n) is 19.6. The second-order valence-electron chi connectivity index (χ2n) is 8.93. The molecular formula is C25H30N6O2S. The summed E-state index contributed by atoms with van der Waals surface area (Å²) in [5.74, 6) is 0.822. The summed E-state index contributed by atoms with van der Waals surface area (Å²) in [5.41, 5.74) is 2.66. The van der Waals surface area contributed by atoms with Gasteiger partial charge in [-0.2, -0.15) is 0 Å². The third-order valence-electron chi connectivity index (χ3n) is 6.56. The molecule has 0 saturated carbocycles. The van der Waals surface area contributed by atoms with Crippen LogP contribution >= 0.6 is 11.3 Å². The molecule has 1 fully saturated rings. The average molecular weight is 479 g/mol. The molecule has 34 heavy (non-hydrogen) atoms. The lowest BCUT2D eigenvalue weighted by Gasteiger charge is -2.30. The first kappa shape index (κ1) is 22.9. The van der Waals surface area contributed by atoms with Gasteiger partial charge < -0.3 is 9.72 Å². The Morgan fingerprint density at radius 2 is 2.21 bits per heavy atom. The minimum Gasteiger partial charge on any atom is -0.376 e. The number of nitrogens with one attached hydrogen (secondary N) is 1. The summed E-state index contributed by atoms with van der Waals surface area (Å²) in [6, 6.07) is 12.3. The van der Waals surface area contributed by atoms with Crippen molar-refractivity contribution in [2.24, 2.45) is 0 Å². The number of aromatic nitrogens is 5. The van der Waals surface area contributed by atoms with Crippen LogP contribution in [0.5, 0.6) is 0 Å². The van der Waals surface area contributed by atoms with Gasteiger partial charge in [0.05, 0.1) is 24.2 Å². The molecule has 2 atom stereocenters. The predicted octanol–water partition coefficient (Wildman–Crippen LogP) is 4.22. The molecule has 1 N–H and O–H groups in total. The second kappa shape index (κ2) is 10.2. The lowest BCUT2D eigenvalue weighted by atomic mass is 10.1. The molecular weight excluding hydrogens is 448 g/mol. The van der Waals surface area contributed by atoms with Crippen LogP contribution in [-0.4, -0.2) is 42.8 Å². The molecule has 1 aliphatic heterocycles. The summed E-state index contributed by atoms with van der Waals surface area (Å²) >= 11 is 1.72. The standard InChI is InChI=1S/C25H30N6O2S/c1-3-22(24-27-28-29-31(24)15-20-9-5-11-33-20)30(16-21-10-6-12-34-21)14-19-13-18-8-4-7-17(2)23(18)26-25(19)32/h4,6-8,10,12-13,20,22H,3,5,9,11,14-16H2,1-2H3,(H,26,32). The summed E-state index contributed by atoms with van der Waals surface area (Å²) in [6.07, 6.45) is 3.08. The van der Waals surface area contributed by atoms with Gasteiger partial charge in [0.15, 0.2) is 5.82 Å². The minimum atomic E-state index is -0.0493. The maximum atomic E-state index is 13.1. The van der Waals surface area contributed by atoms with Gasteiger partial charge in [-0.25, -0.2) is 4.68 Å².